The number of thiazole rings is 1. The fraction of sp³-hybridized carbons (Fsp3) is 0.417. The first-order valence-corrected chi connectivity index (χ1v) is 7.01. The molecule has 0 radical (unpaired) electrons. The minimum absolute atomic E-state index is 0.319. The number of rotatable bonds is 2. The minimum Gasteiger partial charge on any atom is -0.240 e. The van der Waals surface area contributed by atoms with E-state index in [0.29, 0.717) is 11.3 Å². The van der Waals surface area contributed by atoms with E-state index in [1.54, 1.807) is 11.3 Å². The molecule has 0 N–H and O–H groups in total. The molecule has 16 heavy (non-hydrogen) atoms. The van der Waals surface area contributed by atoms with Gasteiger partial charge in [-0.2, -0.15) is 0 Å². The predicted molar refractivity (Wildman–Crippen MR) is 70.8 cm³/mol. The van der Waals surface area contributed by atoms with Crippen LogP contribution in [-0.2, 0) is 11.3 Å². The zero-order valence-corrected chi connectivity index (χ0v) is 11.2. The maximum Gasteiger partial charge on any atom is 0.0997 e. The molecular weight excluding hydrogens is 261 g/mol. The Hall–Kier alpha value is -0.310. The van der Waals surface area contributed by atoms with E-state index < -0.39 is 0 Å². The number of hydrogen-bond donors (Lipinski definition) is 0. The fourth-order valence-corrected chi connectivity index (χ4v) is 3.59. The van der Waals surface area contributed by atoms with Gasteiger partial charge in [0.15, 0.2) is 0 Å². The van der Waals surface area contributed by atoms with Crippen LogP contribution in [0.1, 0.15) is 30.3 Å². The summed E-state index contributed by atoms with van der Waals surface area (Å²) in [7, 11) is 0. The average Bonchev–Trinajstić information content (AvgIpc) is 2.86. The van der Waals surface area contributed by atoms with Crippen molar-refractivity contribution >= 4 is 44.8 Å². The monoisotopic (exact) mass is 271 g/mol. The summed E-state index contributed by atoms with van der Waals surface area (Å²) in [5.41, 5.74) is 2.39. The summed E-state index contributed by atoms with van der Waals surface area (Å²) in [6.07, 6.45) is 2.49. The van der Waals surface area contributed by atoms with Crippen LogP contribution in [0.2, 0.25) is 5.02 Å². The van der Waals surface area contributed by atoms with Gasteiger partial charge in [-0.3, -0.25) is 0 Å². The lowest BCUT2D eigenvalue weighted by Crippen LogP contribution is -1.97. The van der Waals surface area contributed by atoms with Gasteiger partial charge in [0.1, 0.15) is 0 Å². The molecule has 1 heterocycles. The summed E-state index contributed by atoms with van der Waals surface area (Å²) in [6, 6.07) is 3.90. The Bertz CT molecular complexity index is 557. The van der Waals surface area contributed by atoms with Crippen LogP contribution < -0.4 is 0 Å². The molecule has 1 aromatic carbocycles. The van der Waals surface area contributed by atoms with Crippen LogP contribution >= 0.6 is 34.5 Å². The zero-order chi connectivity index (χ0) is 11.3. The van der Waals surface area contributed by atoms with Crippen molar-refractivity contribution in [3.05, 3.63) is 27.7 Å². The van der Waals surface area contributed by atoms with Crippen molar-refractivity contribution < 1.29 is 0 Å². The van der Waals surface area contributed by atoms with E-state index in [2.05, 4.69) is 6.92 Å². The van der Waals surface area contributed by atoms with E-state index in [1.807, 2.05) is 12.1 Å². The number of fused-ring (bicyclic) bond motifs is 1. The Morgan fingerprint density at radius 1 is 1.44 bits per heavy atom. The summed E-state index contributed by atoms with van der Waals surface area (Å²) < 4.78 is 1.16. The maximum atomic E-state index is 6.06. The third kappa shape index (κ3) is 1.64. The van der Waals surface area contributed by atoms with Crippen molar-refractivity contribution in [1.29, 1.82) is 0 Å². The van der Waals surface area contributed by atoms with E-state index in [0.717, 1.165) is 20.8 Å². The van der Waals surface area contributed by atoms with Crippen molar-refractivity contribution in [2.24, 2.45) is 0 Å². The zero-order valence-electron chi connectivity index (χ0n) is 8.89. The van der Waals surface area contributed by atoms with Crippen LogP contribution in [-0.4, -0.2) is 4.98 Å². The average molecular weight is 272 g/mol. The largest absolute Gasteiger partial charge is 0.240 e. The first-order chi connectivity index (χ1) is 7.62. The van der Waals surface area contributed by atoms with Crippen molar-refractivity contribution in [1.82, 2.24) is 4.98 Å². The summed E-state index contributed by atoms with van der Waals surface area (Å²) in [5, 5.41) is 1.98. The van der Waals surface area contributed by atoms with Gasteiger partial charge in [-0.05, 0) is 30.5 Å². The number of halogens is 2. The first kappa shape index (κ1) is 10.8. The number of alkyl halides is 1. The minimum atomic E-state index is 0.319. The SMILES string of the molecule is CC1(c2nc3c(CCl)cc(Cl)cc3s2)CC1. The molecule has 1 saturated carbocycles. The number of nitrogens with zero attached hydrogens (tertiary/aromatic N) is 1. The van der Waals surface area contributed by atoms with Gasteiger partial charge in [-0.15, -0.1) is 22.9 Å². The lowest BCUT2D eigenvalue weighted by Gasteiger charge is -2.00. The van der Waals surface area contributed by atoms with Crippen molar-refractivity contribution in [2.75, 3.05) is 0 Å². The van der Waals surface area contributed by atoms with Crippen molar-refractivity contribution in [3.63, 3.8) is 0 Å². The Labute approximate surface area is 108 Å². The van der Waals surface area contributed by atoms with E-state index in [9.17, 15) is 0 Å². The molecule has 1 aromatic heterocycles. The van der Waals surface area contributed by atoms with E-state index in [4.69, 9.17) is 28.2 Å². The highest BCUT2D eigenvalue weighted by Crippen LogP contribution is 2.50. The molecule has 1 nitrogen and oxygen atoms in total. The molecule has 0 aliphatic heterocycles. The number of hydrogen-bond acceptors (Lipinski definition) is 2. The topological polar surface area (TPSA) is 12.9 Å². The van der Waals surface area contributed by atoms with Gasteiger partial charge in [-0.25, -0.2) is 4.98 Å². The normalized spacial score (nSPS) is 17.9. The van der Waals surface area contributed by atoms with E-state index in [-0.39, 0.29) is 0 Å². The summed E-state index contributed by atoms with van der Waals surface area (Å²) in [6.45, 7) is 2.27. The highest BCUT2D eigenvalue weighted by molar-refractivity contribution is 7.18. The Morgan fingerprint density at radius 3 is 2.81 bits per heavy atom. The second-order valence-electron chi connectivity index (χ2n) is 4.62. The molecule has 0 spiro atoms. The third-order valence-corrected chi connectivity index (χ3v) is 5.01. The van der Waals surface area contributed by atoms with Crippen LogP contribution in [0.5, 0.6) is 0 Å². The maximum absolute atomic E-state index is 6.06. The highest BCUT2D eigenvalue weighted by Gasteiger charge is 2.42. The van der Waals surface area contributed by atoms with Crippen LogP contribution in [0.4, 0.5) is 0 Å². The van der Waals surface area contributed by atoms with E-state index >= 15 is 0 Å². The molecule has 0 unspecified atom stereocenters. The summed E-state index contributed by atoms with van der Waals surface area (Å²) in [5.74, 6) is 0.469. The lowest BCUT2D eigenvalue weighted by molar-refractivity contribution is 0.780. The van der Waals surface area contributed by atoms with Crippen molar-refractivity contribution in [3.8, 4) is 0 Å². The quantitative estimate of drug-likeness (QED) is 0.719. The molecular formula is C12H11Cl2NS. The van der Waals surface area contributed by atoms with Gasteiger partial charge in [0, 0.05) is 16.3 Å². The van der Waals surface area contributed by atoms with Gasteiger partial charge in [0.25, 0.3) is 0 Å². The van der Waals surface area contributed by atoms with Gasteiger partial charge >= 0.3 is 0 Å². The molecule has 84 valence electrons. The summed E-state index contributed by atoms with van der Waals surface area (Å²) in [4.78, 5) is 4.73. The molecule has 0 atom stereocenters. The second-order valence-corrected chi connectivity index (χ2v) is 6.36. The van der Waals surface area contributed by atoms with Crippen LogP contribution in [0.25, 0.3) is 10.2 Å². The predicted octanol–water partition coefficient (Wildman–Crippen LogP) is 4.74. The Morgan fingerprint density at radius 2 is 2.19 bits per heavy atom. The van der Waals surface area contributed by atoms with E-state index in [1.165, 1.54) is 17.8 Å². The highest BCUT2D eigenvalue weighted by atomic mass is 35.5. The third-order valence-electron chi connectivity index (χ3n) is 3.20. The lowest BCUT2D eigenvalue weighted by atomic mass is 10.1. The smallest absolute Gasteiger partial charge is 0.0997 e. The fourth-order valence-electron chi connectivity index (χ4n) is 1.82. The molecule has 3 rings (SSSR count). The van der Waals surface area contributed by atoms with Crippen LogP contribution in [0, 0.1) is 0 Å². The van der Waals surface area contributed by atoms with Gasteiger partial charge in [0.05, 0.1) is 15.2 Å². The molecule has 0 saturated heterocycles. The Balaban J connectivity index is 2.23. The molecule has 1 fully saturated rings. The Kier molecular flexibility index (Phi) is 2.43. The molecule has 2 aromatic rings. The molecule has 1 aliphatic rings. The van der Waals surface area contributed by atoms with Crippen molar-refractivity contribution in [2.45, 2.75) is 31.1 Å². The summed E-state index contributed by atoms with van der Waals surface area (Å²) >= 11 is 13.7. The second kappa shape index (κ2) is 3.59. The first-order valence-electron chi connectivity index (χ1n) is 5.28. The molecule has 0 amide bonds. The van der Waals surface area contributed by atoms with Crippen LogP contribution in [0.3, 0.4) is 0 Å². The van der Waals surface area contributed by atoms with Gasteiger partial charge in [-0.1, -0.05) is 18.5 Å². The van der Waals surface area contributed by atoms with Crippen LogP contribution in [0.15, 0.2) is 12.1 Å². The molecule has 1 aliphatic carbocycles. The number of aromatic nitrogens is 1. The standard InChI is InChI=1S/C12H11Cl2NS/c1-12(2-3-12)11-15-10-7(6-13)4-8(14)5-9(10)16-11/h4-5H,2-3,6H2,1H3. The number of benzene rings is 1. The van der Waals surface area contributed by atoms with Gasteiger partial charge in [0.2, 0.25) is 0 Å². The van der Waals surface area contributed by atoms with Gasteiger partial charge < -0.3 is 0 Å². The molecule has 4 heteroatoms. The molecule has 0 bridgehead atoms.